The molecule has 0 N–H and O–H groups in total. The molecule has 0 amide bonds. The molecule has 27 heavy (non-hydrogen) atoms. The Balaban J connectivity index is 1.51. The first-order valence-corrected chi connectivity index (χ1v) is 10.3. The smallest absolute Gasteiger partial charge is 0.118 e. The fraction of sp³-hybridized carbons (Fsp3) is 0.522. The van der Waals surface area contributed by atoms with Gasteiger partial charge in [0.2, 0.25) is 0 Å². The highest BCUT2D eigenvalue weighted by Gasteiger charge is 2.26. The molecule has 0 bridgehead atoms. The summed E-state index contributed by atoms with van der Waals surface area (Å²) >= 11 is 0. The number of rotatable bonds is 5. The Morgan fingerprint density at radius 3 is 2.63 bits per heavy atom. The lowest BCUT2D eigenvalue weighted by Gasteiger charge is -2.32. The van der Waals surface area contributed by atoms with Gasteiger partial charge < -0.3 is 14.5 Å². The summed E-state index contributed by atoms with van der Waals surface area (Å²) in [6.45, 7) is 5.70. The minimum atomic E-state index is 0.334. The average Bonchev–Trinajstić information content (AvgIpc) is 2.72. The van der Waals surface area contributed by atoms with Crippen LogP contribution in [-0.2, 0) is 13.0 Å². The minimum absolute atomic E-state index is 0.334. The van der Waals surface area contributed by atoms with E-state index in [4.69, 9.17) is 9.72 Å². The summed E-state index contributed by atoms with van der Waals surface area (Å²) in [4.78, 5) is 9.96. The van der Waals surface area contributed by atoms with E-state index >= 15 is 0 Å². The zero-order valence-electron chi connectivity index (χ0n) is 16.7. The maximum absolute atomic E-state index is 5.31. The normalized spacial score (nSPS) is 21.0. The van der Waals surface area contributed by atoms with Crippen molar-refractivity contribution in [1.82, 2.24) is 14.8 Å². The molecule has 2 aliphatic heterocycles. The van der Waals surface area contributed by atoms with Crippen molar-refractivity contribution in [3.8, 4) is 5.75 Å². The highest BCUT2D eigenvalue weighted by atomic mass is 16.5. The van der Waals surface area contributed by atoms with Crippen molar-refractivity contribution in [3.05, 3.63) is 58.9 Å². The molecule has 4 rings (SSSR count). The molecule has 1 saturated heterocycles. The van der Waals surface area contributed by atoms with Gasteiger partial charge in [0, 0.05) is 31.7 Å². The van der Waals surface area contributed by atoms with Crippen LogP contribution in [0, 0.1) is 0 Å². The maximum Gasteiger partial charge on any atom is 0.118 e. The molecule has 1 fully saturated rings. The second kappa shape index (κ2) is 8.41. The molecule has 0 saturated carbocycles. The highest BCUT2D eigenvalue weighted by Crippen LogP contribution is 2.32. The molecule has 3 heterocycles. The maximum atomic E-state index is 5.31. The zero-order chi connectivity index (χ0) is 18.6. The highest BCUT2D eigenvalue weighted by molar-refractivity contribution is 5.39. The van der Waals surface area contributed by atoms with Crippen LogP contribution in [0.5, 0.6) is 5.75 Å². The summed E-state index contributed by atoms with van der Waals surface area (Å²) in [7, 11) is 3.92. The SMILES string of the molecule is COc1ccc(C2CN(C)Cc3cc(CCN4CCCCC4)cnc32)cc1. The summed E-state index contributed by atoms with van der Waals surface area (Å²) in [6.07, 6.45) is 7.34. The molecule has 4 heteroatoms. The van der Waals surface area contributed by atoms with E-state index in [-0.39, 0.29) is 0 Å². The molecule has 144 valence electrons. The Morgan fingerprint density at radius 2 is 1.89 bits per heavy atom. The number of nitrogens with zero attached hydrogens (tertiary/aromatic N) is 3. The molecule has 2 aliphatic rings. The second-order valence-corrected chi connectivity index (χ2v) is 8.06. The summed E-state index contributed by atoms with van der Waals surface area (Å²) in [5.41, 5.74) is 5.33. The van der Waals surface area contributed by atoms with Crippen molar-refractivity contribution in [2.45, 2.75) is 38.1 Å². The molecule has 1 aromatic carbocycles. The molecule has 2 aromatic rings. The van der Waals surface area contributed by atoms with Gasteiger partial charge in [0.15, 0.2) is 0 Å². The Hall–Kier alpha value is -1.91. The molecular weight excluding hydrogens is 334 g/mol. The number of ether oxygens (including phenoxy) is 1. The molecule has 1 atom stereocenters. The van der Waals surface area contributed by atoms with E-state index in [1.54, 1.807) is 7.11 Å². The first-order valence-electron chi connectivity index (χ1n) is 10.3. The van der Waals surface area contributed by atoms with Crippen LogP contribution >= 0.6 is 0 Å². The van der Waals surface area contributed by atoms with Crippen LogP contribution in [0.2, 0.25) is 0 Å². The van der Waals surface area contributed by atoms with Gasteiger partial charge in [-0.3, -0.25) is 4.98 Å². The third-order valence-electron chi connectivity index (χ3n) is 6.01. The molecule has 0 spiro atoms. The number of hydrogen-bond acceptors (Lipinski definition) is 4. The van der Waals surface area contributed by atoms with Crippen LogP contribution in [-0.4, -0.2) is 55.1 Å². The summed E-state index contributed by atoms with van der Waals surface area (Å²) in [5.74, 6) is 1.24. The molecule has 1 aromatic heterocycles. The van der Waals surface area contributed by atoms with Crippen molar-refractivity contribution < 1.29 is 4.74 Å². The number of likely N-dealkylation sites (tertiary alicyclic amines) is 1. The standard InChI is InChI=1S/C23H31N3O/c1-25-16-20-14-18(10-13-26-11-4-3-5-12-26)15-24-23(20)22(17-25)19-6-8-21(27-2)9-7-19/h6-9,14-15,22H,3-5,10-13,16-17H2,1-2H3. The predicted molar refractivity (Wildman–Crippen MR) is 109 cm³/mol. The van der Waals surface area contributed by atoms with Crippen LogP contribution in [0.3, 0.4) is 0 Å². The van der Waals surface area contributed by atoms with Gasteiger partial charge >= 0.3 is 0 Å². The number of aromatic nitrogens is 1. The Morgan fingerprint density at radius 1 is 1.11 bits per heavy atom. The van der Waals surface area contributed by atoms with Crippen molar-refractivity contribution in [1.29, 1.82) is 0 Å². The first-order chi connectivity index (χ1) is 13.2. The van der Waals surface area contributed by atoms with Crippen LogP contribution in [0.15, 0.2) is 36.5 Å². The van der Waals surface area contributed by atoms with Gasteiger partial charge in [-0.1, -0.05) is 24.6 Å². The molecular formula is C23H31N3O. The summed E-state index contributed by atoms with van der Waals surface area (Å²) in [6, 6.07) is 10.9. The number of fused-ring (bicyclic) bond motifs is 1. The lowest BCUT2D eigenvalue weighted by Crippen LogP contribution is -2.33. The van der Waals surface area contributed by atoms with Crippen molar-refractivity contribution in [2.75, 3.05) is 40.3 Å². The third-order valence-corrected chi connectivity index (χ3v) is 6.01. The Kier molecular flexibility index (Phi) is 5.74. The molecule has 0 aliphatic carbocycles. The fourth-order valence-electron chi connectivity index (χ4n) is 4.47. The van der Waals surface area contributed by atoms with Crippen molar-refractivity contribution >= 4 is 0 Å². The topological polar surface area (TPSA) is 28.6 Å². The number of methoxy groups -OCH3 is 1. The van der Waals surface area contributed by atoms with Crippen LogP contribution in [0.25, 0.3) is 0 Å². The van der Waals surface area contributed by atoms with E-state index in [9.17, 15) is 0 Å². The lowest BCUT2D eigenvalue weighted by molar-refractivity contribution is 0.231. The third kappa shape index (κ3) is 4.33. The molecule has 1 unspecified atom stereocenters. The number of pyridine rings is 1. The van der Waals surface area contributed by atoms with Gasteiger partial charge in [0.05, 0.1) is 12.8 Å². The van der Waals surface area contributed by atoms with Crippen LogP contribution < -0.4 is 4.74 Å². The average molecular weight is 366 g/mol. The summed E-state index contributed by atoms with van der Waals surface area (Å²) < 4.78 is 5.31. The van der Waals surface area contributed by atoms with Gasteiger partial charge in [-0.15, -0.1) is 0 Å². The van der Waals surface area contributed by atoms with Crippen LogP contribution in [0.1, 0.15) is 47.6 Å². The van der Waals surface area contributed by atoms with E-state index in [1.807, 2.05) is 0 Å². The molecule has 0 radical (unpaired) electrons. The quantitative estimate of drug-likeness (QED) is 0.808. The minimum Gasteiger partial charge on any atom is -0.497 e. The van der Waals surface area contributed by atoms with Crippen molar-refractivity contribution in [3.63, 3.8) is 0 Å². The van der Waals surface area contributed by atoms with Gasteiger partial charge in [-0.05, 0) is 68.2 Å². The molecule has 4 nitrogen and oxygen atoms in total. The Labute approximate surface area is 163 Å². The van der Waals surface area contributed by atoms with E-state index in [1.165, 1.54) is 54.7 Å². The van der Waals surface area contributed by atoms with Gasteiger partial charge in [0.1, 0.15) is 5.75 Å². The first kappa shape index (κ1) is 18.5. The van der Waals surface area contributed by atoms with E-state index in [0.29, 0.717) is 5.92 Å². The Bertz CT molecular complexity index is 753. The number of hydrogen-bond donors (Lipinski definition) is 0. The van der Waals surface area contributed by atoms with Gasteiger partial charge in [-0.25, -0.2) is 0 Å². The van der Waals surface area contributed by atoms with Gasteiger partial charge in [0.25, 0.3) is 0 Å². The fourth-order valence-corrected chi connectivity index (χ4v) is 4.47. The van der Waals surface area contributed by atoms with Crippen LogP contribution in [0.4, 0.5) is 0 Å². The van der Waals surface area contributed by atoms with E-state index in [0.717, 1.165) is 31.8 Å². The zero-order valence-corrected chi connectivity index (χ0v) is 16.7. The predicted octanol–water partition coefficient (Wildman–Crippen LogP) is 3.70. The van der Waals surface area contributed by atoms with E-state index in [2.05, 4.69) is 53.4 Å². The number of benzene rings is 1. The lowest BCUT2D eigenvalue weighted by atomic mass is 9.88. The second-order valence-electron chi connectivity index (χ2n) is 8.06. The largest absolute Gasteiger partial charge is 0.497 e. The van der Waals surface area contributed by atoms with E-state index < -0.39 is 0 Å². The number of piperidine rings is 1. The van der Waals surface area contributed by atoms with Crippen molar-refractivity contribution in [2.24, 2.45) is 0 Å². The van der Waals surface area contributed by atoms with Gasteiger partial charge in [-0.2, -0.15) is 0 Å². The number of likely N-dealkylation sites (N-methyl/N-ethyl adjacent to an activating group) is 1. The summed E-state index contributed by atoms with van der Waals surface area (Å²) in [5, 5.41) is 0. The monoisotopic (exact) mass is 365 g/mol.